The second-order valence-corrected chi connectivity index (χ2v) is 5.97. The molecule has 1 heterocycles. The predicted molar refractivity (Wildman–Crippen MR) is 74.2 cm³/mol. The van der Waals surface area contributed by atoms with Gasteiger partial charge in [0.1, 0.15) is 5.82 Å². The molecular formula is C14H19BrFNO. The molecule has 0 aromatic heterocycles. The van der Waals surface area contributed by atoms with E-state index in [1.54, 1.807) is 6.07 Å². The first-order chi connectivity index (χ1) is 8.65. The monoisotopic (exact) mass is 315 g/mol. The van der Waals surface area contributed by atoms with Gasteiger partial charge in [-0.3, -0.25) is 0 Å². The number of hydrogen-bond donors (Lipinski definition) is 1. The molecule has 0 radical (unpaired) electrons. The topological polar surface area (TPSA) is 21.3 Å². The van der Waals surface area contributed by atoms with E-state index < -0.39 is 0 Å². The van der Waals surface area contributed by atoms with Crippen LogP contribution >= 0.6 is 15.9 Å². The maximum absolute atomic E-state index is 13.9. The average Bonchev–Trinajstić information content (AvgIpc) is 2.34. The highest BCUT2D eigenvalue weighted by Crippen LogP contribution is 2.34. The summed E-state index contributed by atoms with van der Waals surface area (Å²) in [7, 11) is 1.95. The first-order valence-electron chi connectivity index (χ1n) is 6.31. The lowest BCUT2D eigenvalue weighted by Gasteiger charge is -2.37. The Morgan fingerprint density at radius 2 is 2.11 bits per heavy atom. The molecule has 1 aromatic carbocycles. The molecule has 0 spiro atoms. The van der Waals surface area contributed by atoms with E-state index in [0.717, 1.165) is 49.1 Å². The van der Waals surface area contributed by atoms with Crippen LogP contribution in [0.4, 0.5) is 4.39 Å². The van der Waals surface area contributed by atoms with E-state index >= 15 is 0 Å². The van der Waals surface area contributed by atoms with Crippen LogP contribution in [0.3, 0.4) is 0 Å². The molecule has 0 unspecified atom stereocenters. The normalized spacial score (nSPS) is 18.8. The maximum Gasteiger partial charge on any atom is 0.127 e. The van der Waals surface area contributed by atoms with Gasteiger partial charge in [0.15, 0.2) is 0 Å². The molecule has 100 valence electrons. The molecule has 0 saturated carbocycles. The van der Waals surface area contributed by atoms with Gasteiger partial charge in [0.2, 0.25) is 0 Å². The Labute approximate surface area is 116 Å². The van der Waals surface area contributed by atoms with Gasteiger partial charge in [-0.15, -0.1) is 0 Å². The summed E-state index contributed by atoms with van der Waals surface area (Å²) in [5.74, 6) is -0.119. The minimum atomic E-state index is -0.119. The van der Waals surface area contributed by atoms with Gasteiger partial charge < -0.3 is 10.1 Å². The minimum Gasteiger partial charge on any atom is -0.381 e. The van der Waals surface area contributed by atoms with Gasteiger partial charge in [0.05, 0.1) is 0 Å². The second kappa shape index (κ2) is 6.13. The summed E-state index contributed by atoms with van der Waals surface area (Å²) >= 11 is 3.29. The smallest absolute Gasteiger partial charge is 0.127 e. The van der Waals surface area contributed by atoms with E-state index in [0.29, 0.717) is 0 Å². The van der Waals surface area contributed by atoms with Gasteiger partial charge in [-0.05, 0) is 49.4 Å². The number of benzene rings is 1. The summed E-state index contributed by atoms with van der Waals surface area (Å²) in [6.45, 7) is 2.46. The van der Waals surface area contributed by atoms with Gasteiger partial charge in [-0.2, -0.15) is 0 Å². The summed E-state index contributed by atoms with van der Waals surface area (Å²) in [4.78, 5) is 0. The van der Waals surface area contributed by atoms with Crippen LogP contribution in [0.2, 0.25) is 0 Å². The summed E-state index contributed by atoms with van der Waals surface area (Å²) in [6, 6.07) is 5.33. The lowest BCUT2D eigenvalue weighted by atomic mass is 9.75. The van der Waals surface area contributed by atoms with Crippen LogP contribution in [-0.2, 0) is 11.2 Å². The Hall–Kier alpha value is -0.450. The van der Waals surface area contributed by atoms with Gasteiger partial charge in [0, 0.05) is 24.2 Å². The van der Waals surface area contributed by atoms with Crippen LogP contribution in [-0.4, -0.2) is 26.8 Å². The lowest BCUT2D eigenvalue weighted by Crippen LogP contribution is -2.40. The third kappa shape index (κ3) is 3.31. The molecule has 0 amide bonds. The van der Waals surface area contributed by atoms with E-state index in [9.17, 15) is 4.39 Å². The summed E-state index contributed by atoms with van der Waals surface area (Å²) in [5, 5.41) is 3.24. The standard InChI is InChI=1S/C14H19BrFNO/c1-17-10-14(4-6-18-7-5-14)9-11-2-3-12(15)8-13(11)16/h2-3,8,17H,4-7,9-10H2,1H3. The fourth-order valence-corrected chi connectivity index (χ4v) is 3.00. The quantitative estimate of drug-likeness (QED) is 0.921. The SMILES string of the molecule is CNCC1(Cc2ccc(Br)cc2F)CCOCC1. The van der Waals surface area contributed by atoms with Crippen molar-refractivity contribution in [3.05, 3.63) is 34.1 Å². The number of hydrogen-bond acceptors (Lipinski definition) is 2. The Balaban J connectivity index is 2.17. The van der Waals surface area contributed by atoms with Crippen molar-refractivity contribution in [2.24, 2.45) is 5.41 Å². The molecule has 2 rings (SSSR count). The number of rotatable bonds is 4. The van der Waals surface area contributed by atoms with Crippen LogP contribution in [0, 0.1) is 11.2 Å². The van der Waals surface area contributed by atoms with Crippen LogP contribution in [0.5, 0.6) is 0 Å². The number of nitrogens with one attached hydrogen (secondary N) is 1. The van der Waals surface area contributed by atoms with Gasteiger partial charge in [-0.1, -0.05) is 22.0 Å². The fraction of sp³-hybridized carbons (Fsp3) is 0.571. The summed E-state index contributed by atoms with van der Waals surface area (Å²) in [6.07, 6.45) is 2.75. The lowest BCUT2D eigenvalue weighted by molar-refractivity contribution is 0.0154. The highest BCUT2D eigenvalue weighted by Gasteiger charge is 2.32. The Morgan fingerprint density at radius 1 is 1.39 bits per heavy atom. The highest BCUT2D eigenvalue weighted by atomic mass is 79.9. The molecule has 18 heavy (non-hydrogen) atoms. The zero-order valence-electron chi connectivity index (χ0n) is 10.6. The van der Waals surface area contributed by atoms with E-state index in [2.05, 4.69) is 21.2 Å². The number of ether oxygens (including phenoxy) is 1. The van der Waals surface area contributed by atoms with E-state index in [1.807, 2.05) is 19.2 Å². The molecule has 4 heteroatoms. The number of halogens is 2. The van der Waals surface area contributed by atoms with Crippen molar-refractivity contribution in [2.75, 3.05) is 26.8 Å². The average molecular weight is 316 g/mol. The van der Waals surface area contributed by atoms with Crippen LogP contribution < -0.4 is 5.32 Å². The van der Waals surface area contributed by atoms with Crippen LogP contribution in [0.1, 0.15) is 18.4 Å². The fourth-order valence-electron chi connectivity index (χ4n) is 2.66. The Morgan fingerprint density at radius 3 is 2.72 bits per heavy atom. The molecule has 1 saturated heterocycles. The van der Waals surface area contributed by atoms with Crippen molar-refractivity contribution in [1.82, 2.24) is 5.32 Å². The maximum atomic E-state index is 13.9. The van der Waals surface area contributed by atoms with Crippen molar-refractivity contribution in [3.63, 3.8) is 0 Å². The first kappa shape index (κ1) is 14.0. The molecule has 1 aliphatic heterocycles. The Bertz CT molecular complexity index is 399. The van der Waals surface area contributed by atoms with Crippen molar-refractivity contribution in [1.29, 1.82) is 0 Å². The van der Waals surface area contributed by atoms with E-state index in [1.165, 1.54) is 0 Å². The van der Waals surface area contributed by atoms with Crippen molar-refractivity contribution in [2.45, 2.75) is 19.3 Å². The van der Waals surface area contributed by atoms with Crippen molar-refractivity contribution < 1.29 is 9.13 Å². The van der Waals surface area contributed by atoms with Crippen LogP contribution in [0.25, 0.3) is 0 Å². The first-order valence-corrected chi connectivity index (χ1v) is 7.11. The van der Waals surface area contributed by atoms with Gasteiger partial charge in [-0.25, -0.2) is 4.39 Å². The molecule has 1 N–H and O–H groups in total. The second-order valence-electron chi connectivity index (χ2n) is 5.06. The third-order valence-corrected chi connectivity index (χ3v) is 4.18. The molecular weight excluding hydrogens is 297 g/mol. The molecule has 2 nitrogen and oxygen atoms in total. The Kier molecular flexibility index (Phi) is 4.76. The summed E-state index contributed by atoms with van der Waals surface area (Å²) < 4.78 is 20.2. The molecule has 0 atom stereocenters. The zero-order valence-corrected chi connectivity index (χ0v) is 12.2. The van der Waals surface area contributed by atoms with Gasteiger partial charge >= 0.3 is 0 Å². The highest BCUT2D eigenvalue weighted by molar-refractivity contribution is 9.10. The minimum absolute atomic E-state index is 0.119. The van der Waals surface area contributed by atoms with E-state index in [4.69, 9.17) is 4.74 Å². The van der Waals surface area contributed by atoms with Crippen LogP contribution in [0.15, 0.2) is 22.7 Å². The summed E-state index contributed by atoms with van der Waals surface area (Å²) in [5.41, 5.74) is 0.928. The van der Waals surface area contributed by atoms with Crippen molar-refractivity contribution in [3.8, 4) is 0 Å². The third-order valence-electron chi connectivity index (χ3n) is 3.69. The molecule has 0 bridgehead atoms. The molecule has 0 aliphatic carbocycles. The molecule has 1 aromatic rings. The van der Waals surface area contributed by atoms with Crippen molar-refractivity contribution >= 4 is 15.9 Å². The largest absolute Gasteiger partial charge is 0.381 e. The molecule has 1 fully saturated rings. The zero-order chi connectivity index (χ0) is 13.0. The molecule has 1 aliphatic rings. The van der Waals surface area contributed by atoms with Gasteiger partial charge in [0.25, 0.3) is 0 Å². The predicted octanol–water partition coefficient (Wildman–Crippen LogP) is 3.15. The van der Waals surface area contributed by atoms with E-state index in [-0.39, 0.29) is 11.2 Å².